The van der Waals surface area contributed by atoms with E-state index in [-0.39, 0.29) is 23.8 Å². The highest BCUT2D eigenvalue weighted by atomic mass is 16.2. The van der Waals surface area contributed by atoms with E-state index in [0.717, 1.165) is 5.56 Å². The summed E-state index contributed by atoms with van der Waals surface area (Å²) in [6, 6.07) is 14.8. The zero-order valence-corrected chi connectivity index (χ0v) is 15.5. The first-order valence-corrected chi connectivity index (χ1v) is 9.09. The molecule has 4 rings (SSSR count). The standard InChI is InChI=1S/C21H20N4O3/c1-24-13-22-18-8-7-16(10-17(18)21(24)28)23-20(27)15-9-19(26)25(12-15)11-14-5-3-2-4-6-14/h2-8,10,13,15H,9,11-12H2,1H3,(H,23,27)/t15-/m0/s1. The van der Waals surface area contributed by atoms with Gasteiger partial charge in [0, 0.05) is 32.2 Å². The van der Waals surface area contributed by atoms with Gasteiger partial charge < -0.3 is 14.8 Å². The van der Waals surface area contributed by atoms with Gasteiger partial charge in [-0.05, 0) is 23.8 Å². The summed E-state index contributed by atoms with van der Waals surface area (Å²) >= 11 is 0. The fourth-order valence-corrected chi connectivity index (χ4v) is 3.44. The molecule has 0 radical (unpaired) electrons. The lowest BCUT2D eigenvalue weighted by molar-refractivity contribution is -0.128. The number of aryl methyl sites for hydroxylation is 1. The summed E-state index contributed by atoms with van der Waals surface area (Å²) in [5, 5.41) is 3.27. The van der Waals surface area contributed by atoms with E-state index in [1.165, 1.54) is 10.9 Å². The van der Waals surface area contributed by atoms with E-state index in [9.17, 15) is 14.4 Å². The normalized spacial score (nSPS) is 16.5. The zero-order chi connectivity index (χ0) is 19.7. The van der Waals surface area contributed by atoms with Gasteiger partial charge in [0.2, 0.25) is 11.8 Å². The predicted molar refractivity (Wildman–Crippen MR) is 106 cm³/mol. The van der Waals surface area contributed by atoms with E-state index >= 15 is 0 Å². The van der Waals surface area contributed by atoms with Crippen LogP contribution in [0.25, 0.3) is 10.9 Å². The van der Waals surface area contributed by atoms with E-state index in [4.69, 9.17) is 0 Å². The minimum Gasteiger partial charge on any atom is -0.338 e. The molecular formula is C21H20N4O3. The fourth-order valence-electron chi connectivity index (χ4n) is 3.44. The topological polar surface area (TPSA) is 84.3 Å². The number of anilines is 1. The Bertz CT molecular complexity index is 1110. The maximum absolute atomic E-state index is 12.7. The molecule has 2 heterocycles. The summed E-state index contributed by atoms with van der Waals surface area (Å²) in [4.78, 5) is 43.1. The molecule has 3 aromatic rings. The highest BCUT2D eigenvalue weighted by Gasteiger charge is 2.34. The number of carbonyl (C=O) groups is 2. The van der Waals surface area contributed by atoms with Crippen LogP contribution in [0, 0.1) is 5.92 Å². The van der Waals surface area contributed by atoms with Gasteiger partial charge in [-0.25, -0.2) is 4.98 Å². The second kappa shape index (κ2) is 7.26. The van der Waals surface area contributed by atoms with Crippen molar-refractivity contribution in [3.63, 3.8) is 0 Å². The summed E-state index contributed by atoms with van der Waals surface area (Å²) in [6.45, 7) is 0.887. The molecule has 0 bridgehead atoms. The molecule has 0 aliphatic carbocycles. The van der Waals surface area contributed by atoms with Crippen molar-refractivity contribution < 1.29 is 9.59 Å². The Hall–Kier alpha value is -3.48. The van der Waals surface area contributed by atoms with E-state index < -0.39 is 5.92 Å². The van der Waals surface area contributed by atoms with Crippen molar-refractivity contribution in [3.05, 3.63) is 70.8 Å². The highest BCUT2D eigenvalue weighted by molar-refractivity contribution is 5.98. The molecule has 28 heavy (non-hydrogen) atoms. The Morgan fingerprint density at radius 2 is 1.96 bits per heavy atom. The Balaban J connectivity index is 1.47. The quantitative estimate of drug-likeness (QED) is 0.754. The molecule has 2 aromatic carbocycles. The number of hydrogen-bond donors (Lipinski definition) is 1. The van der Waals surface area contributed by atoms with Gasteiger partial charge in [-0.15, -0.1) is 0 Å². The lowest BCUT2D eigenvalue weighted by Gasteiger charge is -2.16. The molecule has 0 unspecified atom stereocenters. The minimum atomic E-state index is -0.413. The van der Waals surface area contributed by atoms with Gasteiger partial charge in [0.25, 0.3) is 5.56 Å². The van der Waals surface area contributed by atoms with Crippen LogP contribution in [0.5, 0.6) is 0 Å². The van der Waals surface area contributed by atoms with Crippen molar-refractivity contribution in [2.24, 2.45) is 13.0 Å². The number of hydrogen-bond acceptors (Lipinski definition) is 4. The molecule has 1 atom stereocenters. The van der Waals surface area contributed by atoms with Crippen molar-refractivity contribution in [2.75, 3.05) is 11.9 Å². The largest absolute Gasteiger partial charge is 0.338 e. The third-order valence-electron chi connectivity index (χ3n) is 4.99. The maximum Gasteiger partial charge on any atom is 0.260 e. The summed E-state index contributed by atoms with van der Waals surface area (Å²) in [6.07, 6.45) is 1.66. The van der Waals surface area contributed by atoms with Crippen LogP contribution in [0.15, 0.2) is 59.7 Å². The average Bonchev–Trinajstić information content (AvgIpc) is 3.06. The highest BCUT2D eigenvalue weighted by Crippen LogP contribution is 2.22. The molecule has 1 saturated heterocycles. The van der Waals surface area contributed by atoms with E-state index in [0.29, 0.717) is 29.7 Å². The number of benzene rings is 2. The minimum absolute atomic E-state index is 0.0272. The van der Waals surface area contributed by atoms with Gasteiger partial charge in [0.1, 0.15) is 0 Å². The first-order chi connectivity index (χ1) is 13.5. The zero-order valence-electron chi connectivity index (χ0n) is 15.5. The molecule has 7 nitrogen and oxygen atoms in total. The molecule has 1 fully saturated rings. The number of fused-ring (bicyclic) bond motifs is 1. The Kier molecular flexibility index (Phi) is 4.65. The second-order valence-corrected chi connectivity index (χ2v) is 7.04. The smallest absolute Gasteiger partial charge is 0.260 e. The third-order valence-corrected chi connectivity index (χ3v) is 4.99. The number of rotatable bonds is 4. The summed E-state index contributed by atoms with van der Waals surface area (Å²) in [7, 11) is 1.63. The van der Waals surface area contributed by atoms with Crippen LogP contribution >= 0.6 is 0 Å². The van der Waals surface area contributed by atoms with Crippen molar-refractivity contribution in [1.82, 2.24) is 14.5 Å². The van der Waals surface area contributed by atoms with Crippen LogP contribution in [0.3, 0.4) is 0 Å². The molecule has 7 heteroatoms. The number of amides is 2. The van der Waals surface area contributed by atoms with Crippen molar-refractivity contribution in [2.45, 2.75) is 13.0 Å². The van der Waals surface area contributed by atoms with Gasteiger partial charge >= 0.3 is 0 Å². The van der Waals surface area contributed by atoms with Crippen molar-refractivity contribution >= 4 is 28.4 Å². The van der Waals surface area contributed by atoms with Crippen LogP contribution in [0.4, 0.5) is 5.69 Å². The molecule has 2 amide bonds. The molecule has 0 saturated carbocycles. The maximum atomic E-state index is 12.7. The fraction of sp³-hybridized carbons (Fsp3) is 0.238. The van der Waals surface area contributed by atoms with Gasteiger partial charge in [0.15, 0.2) is 0 Å². The number of carbonyl (C=O) groups excluding carboxylic acids is 2. The molecule has 1 N–H and O–H groups in total. The van der Waals surface area contributed by atoms with Crippen molar-refractivity contribution in [1.29, 1.82) is 0 Å². The Labute approximate surface area is 161 Å². The molecule has 0 spiro atoms. The molecule has 1 aliphatic rings. The summed E-state index contributed by atoms with van der Waals surface area (Å²) in [5.41, 5.74) is 1.96. The van der Waals surface area contributed by atoms with Crippen LogP contribution in [0.1, 0.15) is 12.0 Å². The van der Waals surface area contributed by atoms with Crippen LogP contribution in [0.2, 0.25) is 0 Å². The van der Waals surface area contributed by atoms with E-state index in [1.54, 1.807) is 30.1 Å². The molecule has 142 valence electrons. The van der Waals surface area contributed by atoms with Crippen molar-refractivity contribution in [3.8, 4) is 0 Å². The van der Waals surface area contributed by atoms with Gasteiger partial charge in [-0.1, -0.05) is 30.3 Å². The lowest BCUT2D eigenvalue weighted by atomic mass is 10.1. The number of likely N-dealkylation sites (tertiary alicyclic amines) is 1. The first-order valence-electron chi connectivity index (χ1n) is 9.09. The number of aromatic nitrogens is 2. The van der Waals surface area contributed by atoms with Gasteiger partial charge in [-0.2, -0.15) is 0 Å². The first kappa shape index (κ1) is 17.9. The van der Waals surface area contributed by atoms with E-state index in [2.05, 4.69) is 10.3 Å². The third kappa shape index (κ3) is 3.51. The van der Waals surface area contributed by atoms with E-state index in [1.807, 2.05) is 30.3 Å². The molecule has 1 aliphatic heterocycles. The summed E-state index contributed by atoms with van der Waals surface area (Å²) < 4.78 is 1.39. The van der Waals surface area contributed by atoms with Gasteiger partial charge in [0.05, 0.1) is 23.1 Å². The van der Waals surface area contributed by atoms with Crippen LogP contribution in [-0.4, -0.2) is 32.8 Å². The van der Waals surface area contributed by atoms with Crippen LogP contribution < -0.4 is 10.9 Å². The monoisotopic (exact) mass is 376 g/mol. The number of nitrogens with zero attached hydrogens (tertiary/aromatic N) is 3. The lowest BCUT2D eigenvalue weighted by Crippen LogP contribution is -2.28. The molecular weight excluding hydrogens is 356 g/mol. The Morgan fingerprint density at radius 1 is 1.18 bits per heavy atom. The number of nitrogens with one attached hydrogen (secondary N) is 1. The SMILES string of the molecule is Cn1cnc2ccc(NC(=O)[C@H]3CC(=O)N(Cc4ccccc4)C3)cc2c1=O. The second-order valence-electron chi connectivity index (χ2n) is 7.04. The van der Waals surface area contributed by atoms with Gasteiger partial charge in [-0.3, -0.25) is 14.4 Å². The molecule has 1 aromatic heterocycles. The Morgan fingerprint density at radius 3 is 2.75 bits per heavy atom. The predicted octanol–water partition coefficient (Wildman–Crippen LogP) is 1.92. The average molecular weight is 376 g/mol. The summed E-state index contributed by atoms with van der Waals surface area (Å²) in [5.74, 6) is -0.659. The van der Waals surface area contributed by atoms with Crippen LogP contribution in [-0.2, 0) is 23.2 Å².